The summed E-state index contributed by atoms with van der Waals surface area (Å²) in [6.45, 7) is 15.3. The largest absolute Gasteiger partial charge is 0.379 e. The van der Waals surface area contributed by atoms with Gasteiger partial charge in [-0.3, -0.25) is 4.90 Å². The quantitative estimate of drug-likeness (QED) is 0.162. The van der Waals surface area contributed by atoms with Crippen LogP contribution in [0.25, 0.3) is 0 Å². The number of ether oxygens (including phenoxy) is 3. The summed E-state index contributed by atoms with van der Waals surface area (Å²) in [6.07, 6.45) is 9.24. The summed E-state index contributed by atoms with van der Waals surface area (Å²) < 4.78 is 17.0. The van der Waals surface area contributed by atoms with Crippen molar-refractivity contribution < 1.29 is 14.2 Å². The minimum atomic E-state index is 0.323. The summed E-state index contributed by atoms with van der Waals surface area (Å²) in [5, 5.41) is 3.49. The van der Waals surface area contributed by atoms with Crippen molar-refractivity contribution in [2.75, 3.05) is 70.8 Å². The molecule has 1 aromatic carbocycles. The van der Waals surface area contributed by atoms with E-state index in [-0.39, 0.29) is 0 Å². The normalized spacial score (nSPS) is 11.4. The summed E-state index contributed by atoms with van der Waals surface area (Å²) in [6, 6.07) is 6.74. The molecule has 0 aliphatic carbocycles. The van der Waals surface area contributed by atoms with Crippen molar-refractivity contribution >= 4 is 11.8 Å². The van der Waals surface area contributed by atoms with Gasteiger partial charge in [0.2, 0.25) is 5.95 Å². The Morgan fingerprint density at radius 2 is 1.50 bits per heavy atom. The van der Waals surface area contributed by atoms with Crippen LogP contribution in [0.4, 0.5) is 11.8 Å². The van der Waals surface area contributed by atoms with Crippen LogP contribution < -0.4 is 11.1 Å². The van der Waals surface area contributed by atoms with E-state index in [1.807, 2.05) is 6.92 Å². The predicted molar refractivity (Wildman–Crippen MR) is 166 cm³/mol. The zero-order valence-corrected chi connectivity index (χ0v) is 25.9. The van der Waals surface area contributed by atoms with Gasteiger partial charge in [0.25, 0.3) is 0 Å². The van der Waals surface area contributed by atoms with Crippen LogP contribution in [0.1, 0.15) is 86.7 Å². The fourth-order valence-corrected chi connectivity index (χ4v) is 4.59. The Bertz CT molecular complexity index is 956. The first kappa shape index (κ1) is 33.9. The first-order chi connectivity index (χ1) is 19.4. The topological polar surface area (TPSA) is 94.8 Å². The second-order valence-corrected chi connectivity index (χ2v) is 10.7. The SMILES string of the molecule is CCCCCCOCCOCCOCCN(C)Cc1ccc(Cc2c(C)nc(N)nc2NCCCCC)c(C)c1. The summed E-state index contributed by atoms with van der Waals surface area (Å²) in [5.74, 6) is 1.19. The van der Waals surface area contributed by atoms with Crippen molar-refractivity contribution in [2.24, 2.45) is 0 Å². The number of benzene rings is 1. The van der Waals surface area contributed by atoms with Crippen molar-refractivity contribution in [1.82, 2.24) is 14.9 Å². The number of rotatable bonds is 23. The summed E-state index contributed by atoms with van der Waals surface area (Å²) in [4.78, 5) is 11.2. The standard InChI is InChI=1S/C32H55N5O3/c1-6-8-10-12-17-38-19-21-40-22-20-39-18-16-37(5)25-28-13-14-29(26(3)23-28)24-30-27(4)35-32(33)36-31(30)34-15-11-9-7-2/h13-14,23H,6-12,15-22,24-25H2,1-5H3,(H3,33,34,35,36). The molecule has 0 saturated carbocycles. The number of hydrogen-bond donors (Lipinski definition) is 2. The highest BCUT2D eigenvalue weighted by Gasteiger charge is 2.13. The maximum atomic E-state index is 5.96. The molecule has 3 N–H and O–H groups in total. The van der Waals surface area contributed by atoms with E-state index in [0.29, 0.717) is 39.0 Å². The fourth-order valence-electron chi connectivity index (χ4n) is 4.59. The highest BCUT2D eigenvalue weighted by atomic mass is 16.5. The molecule has 0 aliphatic rings. The van der Waals surface area contributed by atoms with Crippen molar-refractivity contribution in [3.05, 3.63) is 46.1 Å². The second-order valence-electron chi connectivity index (χ2n) is 10.7. The molecule has 0 saturated heterocycles. The maximum absolute atomic E-state index is 5.96. The minimum Gasteiger partial charge on any atom is -0.379 e. The van der Waals surface area contributed by atoms with Gasteiger partial charge in [-0.25, -0.2) is 4.98 Å². The maximum Gasteiger partial charge on any atom is 0.222 e. The van der Waals surface area contributed by atoms with Gasteiger partial charge in [0.15, 0.2) is 0 Å². The molecule has 0 unspecified atom stereocenters. The minimum absolute atomic E-state index is 0.323. The number of nitrogen functional groups attached to an aromatic ring is 1. The molecule has 0 aliphatic heterocycles. The molecular formula is C32H55N5O3. The Balaban J connectivity index is 1.70. The number of aryl methyl sites for hydroxylation is 2. The molecule has 2 aromatic rings. The van der Waals surface area contributed by atoms with Crippen LogP contribution in [0.3, 0.4) is 0 Å². The Hall–Kier alpha value is -2.26. The van der Waals surface area contributed by atoms with Gasteiger partial charge in [-0.05, 0) is 50.4 Å². The van der Waals surface area contributed by atoms with Crippen molar-refractivity contribution in [3.8, 4) is 0 Å². The van der Waals surface area contributed by atoms with Crippen LogP contribution in [0, 0.1) is 13.8 Å². The van der Waals surface area contributed by atoms with E-state index >= 15 is 0 Å². The molecule has 8 heteroatoms. The van der Waals surface area contributed by atoms with Gasteiger partial charge in [0, 0.05) is 43.9 Å². The van der Waals surface area contributed by atoms with Crippen LogP contribution >= 0.6 is 0 Å². The number of aromatic nitrogens is 2. The predicted octanol–water partition coefficient (Wildman–Crippen LogP) is 5.93. The van der Waals surface area contributed by atoms with Gasteiger partial charge >= 0.3 is 0 Å². The average Bonchev–Trinajstić information content (AvgIpc) is 2.92. The van der Waals surface area contributed by atoms with Crippen molar-refractivity contribution in [3.63, 3.8) is 0 Å². The molecule has 1 heterocycles. The highest BCUT2D eigenvalue weighted by Crippen LogP contribution is 2.24. The third-order valence-corrected chi connectivity index (χ3v) is 7.03. The Labute approximate surface area is 243 Å². The Morgan fingerprint density at radius 1 is 0.825 bits per heavy atom. The smallest absolute Gasteiger partial charge is 0.222 e. The third kappa shape index (κ3) is 13.9. The molecule has 0 bridgehead atoms. The van der Waals surface area contributed by atoms with Crippen LogP contribution in [-0.4, -0.2) is 74.6 Å². The zero-order valence-electron chi connectivity index (χ0n) is 25.9. The van der Waals surface area contributed by atoms with Crippen LogP contribution in [-0.2, 0) is 27.2 Å². The van der Waals surface area contributed by atoms with E-state index in [1.165, 1.54) is 48.8 Å². The number of unbranched alkanes of at least 4 members (excludes halogenated alkanes) is 5. The van der Waals surface area contributed by atoms with E-state index in [2.05, 4.69) is 66.2 Å². The molecule has 0 fully saturated rings. The summed E-state index contributed by atoms with van der Waals surface area (Å²) in [7, 11) is 2.13. The van der Waals surface area contributed by atoms with Crippen molar-refractivity contribution in [2.45, 2.75) is 85.6 Å². The molecule has 0 amide bonds. The van der Waals surface area contributed by atoms with E-state index in [9.17, 15) is 0 Å². The first-order valence-electron chi connectivity index (χ1n) is 15.3. The Morgan fingerprint density at radius 3 is 2.20 bits per heavy atom. The lowest BCUT2D eigenvalue weighted by atomic mass is 9.97. The molecule has 8 nitrogen and oxygen atoms in total. The molecule has 1 aromatic heterocycles. The van der Waals surface area contributed by atoms with Crippen LogP contribution in [0.2, 0.25) is 0 Å². The monoisotopic (exact) mass is 557 g/mol. The number of nitrogens with zero attached hydrogens (tertiary/aromatic N) is 3. The van der Waals surface area contributed by atoms with Crippen LogP contribution in [0.5, 0.6) is 0 Å². The number of likely N-dealkylation sites (N-methyl/N-ethyl adjacent to an activating group) is 1. The Kier molecular flexibility index (Phi) is 17.5. The van der Waals surface area contributed by atoms with Gasteiger partial charge in [0.1, 0.15) is 5.82 Å². The van der Waals surface area contributed by atoms with E-state index in [0.717, 1.165) is 62.6 Å². The molecule has 40 heavy (non-hydrogen) atoms. The summed E-state index contributed by atoms with van der Waals surface area (Å²) >= 11 is 0. The summed E-state index contributed by atoms with van der Waals surface area (Å²) in [5.41, 5.74) is 11.9. The van der Waals surface area contributed by atoms with E-state index in [1.54, 1.807) is 0 Å². The van der Waals surface area contributed by atoms with E-state index in [4.69, 9.17) is 19.9 Å². The molecular weight excluding hydrogens is 502 g/mol. The number of anilines is 2. The molecule has 226 valence electrons. The second kappa shape index (κ2) is 20.6. The fraction of sp³-hybridized carbons (Fsp3) is 0.688. The lowest BCUT2D eigenvalue weighted by Crippen LogP contribution is -2.23. The third-order valence-electron chi connectivity index (χ3n) is 7.03. The lowest BCUT2D eigenvalue weighted by molar-refractivity contribution is 0.0107. The number of nitrogens with two attached hydrogens (primary N) is 1. The van der Waals surface area contributed by atoms with Gasteiger partial charge in [0.05, 0.1) is 33.0 Å². The van der Waals surface area contributed by atoms with Crippen LogP contribution in [0.15, 0.2) is 18.2 Å². The number of nitrogens with one attached hydrogen (secondary N) is 1. The van der Waals surface area contributed by atoms with Crippen molar-refractivity contribution in [1.29, 1.82) is 0 Å². The molecule has 0 radical (unpaired) electrons. The van der Waals surface area contributed by atoms with Gasteiger partial charge < -0.3 is 25.3 Å². The van der Waals surface area contributed by atoms with Gasteiger partial charge in [-0.15, -0.1) is 0 Å². The van der Waals surface area contributed by atoms with Gasteiger partial charge in [-0.1, -0.05) is 64.2 Å². The number of hydrogen-bond acceptors (Lipinski definition) is 8. The molecule has 2 rings (SSSR count). The zero-order chi connectivity index (χ0) is 29.0. The molecule has 0 spiro atoms. The lowest BCUT2D eigenvalue weighted by Gasteiger charge is -2.18. The van der Waals surface area contributed by atoms with Gasteiger partial charge in [-0.2, -0.15) is 4.98 Å². The average molecular weight is 558 g/mol. The molecule has 0 atom stereocenters. The first-order valence-corrected chi connectivity index (χ1v) is 15.3. The highest BCUT2D eigenvalue weighted by molar-refractivity contribution is 5.52. The van der Waals surface area contributed by atoms with E-state index < -0.39 is 0 Å².